The molecule has 0 amide bonds. The second-order valence-electron chi connectivity index (χ2n) is 5.91. The number of aliphatic hydroxyl groups excluding tert-OH is 1. The van der Waals surface area contributed by atoms with Gasteiger partial charge >= 0.3 is 0 Å². The lowest BCUT2D eigenvalue weighted by atomic mass is 10.1. The minimum Gasteiger partial charge on any atom is -0.497 e. The average Bonchev–Trinajstić information content (AvgIpc) is 2.63. The molecule has 1 aliphatic rings. The van der Waals surface area contributed by atoms with Crippen LogP contribution in [0.4, 0.5) is 5.69 Å². The number of rotatable bonds is 5. The summed E-state index contributed by atoms with van der Waals surface area (Å²) in [5, 5.41) is 10.3. The number of anilines is 1. The minimum atomic E-state index is -0.413. The summed E-state index contributed by atoms with van der Waals surface area (Å²) < 4.78 is 5.20. The number of piperazine rings is 1. The molecule has 0 saturated carbocycles. The maximum atomic E-state index is 10.3. The SMILES string of the molecule is COc1ccc(N2CCN(CC(O)c3ccccc3)CC2)cc1. The van der Waals surface area contributed by atoms with E-state index >= 15 is 0 Å². The van der Waals surface area contributed by atoms with Crippen LogP contribution in [0.25, 0.3) is 0 Å². The van der Waals surface area contributed by atoms with E-state index in [1.807, 2.05) is 42.5 Å². The highest BCUT2D eigenvalue weighted by Gasteiger charge is 2.20. The molecule has 0 bridgehead atoms. The van der Waals surface area contributed by atoms with Crippen molar-refractivity contribution in [2.75, 3.05) is 44.7 Å². The van der Waals surface area contributed by atoms with Crippen molar-refractivity contribution in [2.24, 2.45) is 0 Å². The quantitative estimate of drug-likeness (QED) is 0.920. The third kappa shape index (κ3) is 4.03. The summed E-state index contributed by atoms with van der Waals surface area (Å²) in [6.45, 7) is 4.59. The average molecular weight is 312 g/mol. The zero-order chi connectivity index (χ0) is 16.1. The Labute approximate surface area is 137 Å². The molecule has 2 aromatic rings. The van der Waals surface area contributed by atoms with Crippen LogP contribution >= 0.6 is 0 Å². The standard InChI is InChI=1S/C19H24N2O2/c1-23-18-9-7-17(8-10-18)21-13-11-20(12-14-21)15-19(22)16-5-3-2-4-6-16/h2-10,19,22H,11-15H2,1H3. The van der Waals surface area contributed by atoms with Crippen LogP contribution in [0.15, 0.2) is 54.6 Å². The number of methoxy groups -OCH3 is 1. The van der Waals surface area contributed by atoms with Crippen LogP contribution in [-0.4, -0.2) is 49.8 Å². The van der Waals surface area contributed by atoms with Crippen molar-refractivity contribution >= 4 is 5.69 Å². The number of aliphatic hydroxyl groups is 1. The molecule has 4 nitrogen and oxygen atoms in total. The molecule has 0 aromatic heterocycles. The van der Waals surface area contributed by atoms with Gasteiger partial charge in [0.05, 0.1) is 13.2 Å². The van der Waals surface area contributed by atoms with Crippen molar-refractivity contribution in [3.05, 3.63) is 60.2 Å². The van der Waals surface area contributed by atoms with E-state index < -0.39 is 6.10 Å². The highest BCUT2D eigenvalue weighted by atomic mass is 16.5. The van der Waals surface area contributed by atoms with Gasteiger partial charge in [-0.1, -0.05) is 30.3 Å². The first-order chi connectivity index (χ1) is 11.3. The fourth-order valence-electron chi connectivity index (χ4n) is 3.01. The summed E-state index contributed by atoms with van der Waals surface area (Å²) in [7, 11) is 1.69. The zero-order valence-corrected chi connectivity index (χ0v) is 13.6. The minimum absolute atomic E-state index is 0.413. The molecule has 3 rings (SSSR count). The third-order valence-corrected chi connectivity index (χ3v) is 4.43. The summed E-state index contributed by atoms with van der Waals surface area (Å²) in [6.07, 6.45) is -0.413. The summed E-state index contributed by atoms with van der Waals surface area (Å²) in [4.78, 5) is 4.71. The molecule has 1 aliphatic heterocycles. The zero-order valence-electron chi connectivity index (χ0n) is 13.6. The van der Waals surface area contributed by atoms with Gasteiger partial charge < -0.3 is 14.7 Å². The number of ether oxygens (including phenoxy) is 1. The molecule has 4 heteroatoms. The van der Waals surface area contributed by atoms with Crippen molar-refractivity contribution in [2.45, 2.75) is 6.10 Å². The summed E-state index contributed by atoms with van der Waals surface area (Å²) in [6, 6.07) is 18.1. The molecule has 1 saturated heterocycles. The van der Waals surface area contributed by atoms with E-state index in [2.05, 4.69) is 21.9 Å². The van der Waals surface area contributed by atoms with Crippen LogP contribution in [-0.2, 0) is 0 Å². The Kier molecular flexibility index (Phi) is 5.16. The van der Waals surface area contributed by atoms with E-state index in [0.717, 1.165) is 37.5 Å². The van der Waals surface area contributed by atoms with Gasteiger partial charge in [0.1, 0.15) is 5.75 Å². The molecule has 1 N–H and O–H groups in total. The topological polar surface area (TPSA) is 35.9 Å². The first-order valence-corrected chi connectivity index (χ1v) is 8.10. The van der Waals surface area contributed by atoms with Crippen molar-refractivity contribution in [3.63, 3.8) is 0 Å². The Morgan fingerprint density at radius 1 is 0.957 bits per heavy atom. The molecule has 0 radical (unpaired) electrons. The molecule has 1 heterocycles. The van der Waals surface area contributed by atoms with Gasteiger partial charge in [-0.2, -0.15) is 0 Å². The van der Waals surface area contributed by atoms with Gasteiger partial charge in [-0.15, -0.1) is 0 Å². The van der Waals surface area contributed by atoms with Gasteiger partial charge in [-0.3, -0.25) is 4.90 Å². The number of hydrogen-bond acceptors (Lipinski definition) is 4. The highest BCUT2D eigenvalue weighted by molar-refractivity contribution is 5.49. The van der Waals surface area contributed by atoms with Gasteiger partial charge in [0, 0.05) is 38.4 Å². The predicted octanol–water partition coefficient (Wildman–Crippen LogP) is 2.55. The van der Waals surface area contributed by atoms with Crippen LogP contribution in [0.2, 0.25) is 0 Å². The first kappa shape index (κ1) is 15.8. The van der Waals surface area contributed by atoms with Crippen LogP contribution in [0.3, 0.4) is 0 Å². The molecule has 1 fully saturated rings. The Hall–Kier alpha value is -2.04. The lowest BCUT2D eigenvalue weighted by molar-refractivity contribution is 0.109. The van der Waals surface area contributed by atoms with Gasteiger partial charge in [0.25, 0.3) is 0 Å². The number of hydrogen-bond donors (Lipinski definition) is 1. The second kappa shape index (κ2) is 7.49. The maximum Gasteiger partial charge on any atom is 0.119 e. The van der Waals surface area contributed by atoms with E-state index in [1.54, 1.807) is 7.11 Å². The number of nitrogens with zero attached hydrogens (tertiary/aromatic N) is 2. The molecule has 23 heavy (non-hydrogen) atoms. The lowest BCUT2D eigenvalue weighted by Crippen LogP contribution is -2.47. The summed E-state index contributed by atoms with van der Waals surface area (Å²) >= 11 is 0. The van der Waals surface area contributed by atoms with E-state index in [4.69, 9.17) is 4.74 Å². The van der Waals surface area contributed by atoms with Gasteiger partial charge in [-0.25, -0.2) is 0 Å². The molecule has 0 aliphatic carbocycles. The monoisotopic (exact) mass is 312 g/mol. The Balaban J connectivity index is 1.52. The third-order valence-electron chi connectivity index (χ3n) is 4.43. The van der Waals surface area contributed by atoms with Crippen LogP contribution < -0.4 is 9.64 Å². The van der Waals surface area contributed by atoms with E-state index in [-0.39, 0.29) is 0 Å². The molecule has 2 aromatic carbocycles. The van der Waals surface area contributed by atoms with Crippen molar-refractivity contribution < 1.29 is 9.84 Å². The van der Waals surface area contributed by atoms with Crippen LogP contribution in [0.1, 0.15) is 11.7 Å². The molecule has 122 valence electrons. The van der Waals surface area contributed by atoms with Crippen molar-refractivity contribution in [3.8, 4) is 5.75 Å². The van der Waals surface area contributed by atoms with Gasteiger partial charge in [0.15, 0.2) is 0 Å². The first-order valence-electron chi connectivity index (χ1n) is 8.10. The Morgan fingerprint density at radius 2 is 1.61 bits per heavy atom. The maximum absolute atomic E-state index is 10.3. The molecule has 1 atom stereocenters. The Morgan fingerprint density at radius 3 is 2.22 bits per heavy atom. The summed E-state index contributed by atoms with van der Waals surface area (Å²) in [5.74, 6) is 0.887. The largest absolute Gasteiger partial charge is 0.497 e. The smallest absolute Gasteiger partial charge is 0.119 e. The highest BCUT2D eigenvalue weighted by Crippen LogP contribution is 2.21. The van der Waals surface area contributed by atoms with Gasteiger partial charge in [-0.05, 0) is 29.8 Å². The molecule has 1 unspecified atom stereocenters. The fraction of sp³-hybridized carbons (Fsp3) is 0.368. The summed E-state index contributed by atoms with van der Waals surface area (Å²) in [5.41, 5.74) is 2.22. The van der Waals surface area contributed by atoms with Crippen LogP contribution in [0.5, 0.6) is 5.75 Å². The van der Waals surface area contributed by atoms with E-state index in [1.165, 1.54) is 5.69 Å². The normalized spacial score (nSPS) is 17.0. The molecular formula is C19H24N2O2. The molecular weight excluding hydrogens is 288 g/mol. The fourth-order valence-corrected chi connectivity index (χ4v) is 3.01. The van der Waals surface area contributed by atoms with Crippen LogP contribution in [0, 0.1) is 0 Å². The Bertz CT molecular complexity index is 593. The lowest BCUT2D eigenvalue weighted by Gasteiger charge is -2.37. The van der Waals surface area contributed by atoms with Crippen molar-refractivity contribution in [1.82, 2.24) is 4.90 Å². The second-order valence-corrected chi connectivity index (χ2v) is 5.91. The number of benzene rings is 2. The van der Waals surface area contributed by atoms with Crippen molar-refractivity contribution in [1.29, 1.82) is 0 Å². The van der Waals surface area contributed by atoms with E-state index in [9.17, 15) is 5.11 Å². The predicted molar refractivity (Wildman–Crippen MR) is 93.0 cm³/mol. The van der Waals surface area contributed by atoms with E-state index in [0.29, 0.717) is 6.54 Å². The molecule has 0 spiro atoms. The number of β-amino-alcohol motifs (C(OH)–C–C–N with tert-alkyl or cyclic N) is 1. The van der Waals surface area contributed by atoms with Gasteiger partial charge in [0.2, 0.25) is 0 Å².